The van der Waals surface area contributed by atoms with E-state index in [0.29, 0.717) is 6.73 Å². The van der Waals surface area contributed by atoms with Gasteiger partial charge in [0.05, 0.1) is 0 Å². The predicted octanol–water partition coefficient (Wildman–Crippen LogP) is 4.19. The maximum atomic E-state index is 5.46. The topological polar surface area (TPSA) is 21.6 Å². The maximum Gasteiger partial charge on any atom is 0.137 e. The smallest absolute Gasteiger partial charge is 0.137 e. The summed E-state index contributed by atoms with van der Waals surface area (Å²) in [5.41, 5.74) is 1.43. The Balaban J connectivity index is 2.37. The predicted molar refractivity (Wildman–Crippen MR) is 70.0 cm³/mol. The Morgan fingerprint density at radius 3 is 2.50 bits per heavy atom. The molecule has 0 atom stereocenters. The quantitative estimate of drug-likeness (QED) is 0.470. The van der Waals surface area contributed by atoms with Gasteiger partial charge in [0.2, 0.25) is 0 Å². The van der Waals surface area contributed by atoms with E-state index in [1.165, 1.54) is 50.7 Å². The van der Waals surface area contributed by atoms with Gasteiger partial charge in [-0.3, -0.25) is 4.99 Å². The Labute approximate surface area is 100 Å². The average molecular weight is 225 g/mol. The monoisotopic (exact) mass is 225 g/mol. The van der Waals surface area contributed by atoms with Crippen molar-refractivity contribution in [3.05, 3.63) is 0 Å². The van der Waals surface area contributed by atoms with Crippen LogP contribution in [0.4, 0.5) is 0 Å². The van der Waals surface area contributed by atoms with Crippen molar-refractivity contribution < 1.29 is 4.74 Å². The van der Waals surface area contributed by atoms with Gasteiger partial charge in [-0.2, -0.15) is 0 Å². The number of rotatable bonds is 7. The summed E-state index contributed by atoms with van der Waals surface area (Å²) in [5, 5.41) is 0. The van der Waals surface area contributed by atoms with Gasteiger partial charge in [0.25, 0.3) is 0 Å². The van der Waals surface area contributed by atoms with Crippen molar-refractivity contribution >= 4 is 5.71 Å². The summed E-state index contributed by atoms with van der Waals surface area (Å²) < 4.78 is 5.46. The molecular formula is C14H27NO. The fraction of sp³-hybridized carbons (Fsp3) is 0.929. The minimum atomic E-state index is 0.583. The first-order valence-corrected chi connectivity index (χ1v) is 6.99. The number of ether oxygens (including phenoxy) is 1. The lowest BCUT2D eigenvalue weighted by molar-refractivity contribution is 0.142. The van der Waals surface area contributed by atoms with Gasteiger partial charge in [0.15, 0.2) is 0 Å². The Kier molecular flexibility index (Phi) is 7.48. The molecule has 1 fully saturated rings. The molecule has 2 nitrogen and oxygen atoms in total. The molecule has 0 heterocycles. The van der Waals surface area contributed by atoms with Crippen molar-refractivity contribution in [1.29, 1.82) is 0 Å². The van der Waals surface area contributed by atoms with Crippen LogP contribution in [0.5, 0.6) is 0 Å². The molecule has 0 amide bonds. The summed E-state index contributed by atoms with van der Waals surface area (Å²) in [4.78, 5) is 4.67. The van der Waals surface area contributed by atoms with Crippen LogP contribution in [0.1, 0.15) is 65.2 Å². The molecule has 2 heteroatoms. The van der Waals surface area contributed by atoms with Crippen LogP contribution < -0.4 is 0 Å². The fourth-order valence-corrected chi connectivity index (χ4v) is 2.44. The van der Waals surface area contributed by atoms with Crippen LogP contribution in [0.15, 0.2) is 4.99 Å². The van der Waals surface area contributed by atoms with E-state index in [4.69, 9.17) is 4.74 Å². The van der Waals surface area contributed by atoms with Crippen LogP contribution in [0, 0.1) is 5.92 Å². The van der Waals surface area contributed by atoms with Gasteiger partial charge in [-0.05, 0) is 31.6 Å². The molecular weight excluding hydrogens is 198 g/mol. The number of hydrogen-bond acceptors (Lipinski definition) is 2. The summed E-state index contributed by atoms with van der Waals surface area (Å²) in [6.07, 6.45) is 10.4. The second-order valence-electron chi connectivity index (χ2n) is 4.77. The molecule has 0 spiro atoms. The molecule has 0 bridgehead atoms. The molecule has 0 aliphatic heterocycles. The third-order valence-corrected chi connectivity index (χ3v) is 3.29. The highest BCUT2D eigenvalue weighted by atomic mass is 16.5. The van der Waals surface area contributed by atoms with E-state index in [9.17, 15) is 0 Å². The van der Waals surface area contributed by atoms with Crippen LogP contribution >= 0.6 is 0 Å². The first-order valence-electron chi connectivity index (χ1n) is 6.99. The number of nitrogens with zero attached hydrogens (tertiary/aromatic N) is 1. The van der Waals surface area contributed by atoms with E-state index in [-0.39, 0.29) is 0 Å². The number of hydrogen-bond donors (Lipinski definition) is 0. The summed E-state index contributed by atoms with van der Waals surface area (Å²) in [6, 6.07) is 0. The average Bonchev–Trinajstić information content (AvgIpc) is 2.34. The lowest BCUT2D eigenvalue weighted by Crippen LogP contribution is -2.18. The summed E-state index contributed by atoms with van der Waals surface area (Å²) in [5.74, 6) is 0.763. The Bertz CT molecular complexity index is 195. The first kappa shape index (κ1) is 13.7. The van der Waals surface area contributed by atoms with E-state index >= 15 is 0 Å². The lowest BCUT2D eigenvalue weighted by atomic mass is 9.84. The van der Waals surface area contributed by atoms with Gasteiger partial charge in [0.1, 0.15) is 6.73 Å². The van der Waals surface area contributed by atoms with E-state index in [1.54, 1.807) is 0 Å². The van der Waals surface area contributed by atoms with Crippen molar-refractivity contribution in [2.45, 2.75) is 65.2 Å². The van der Waals surface area contributed by atoms with Gasteiger partial charge in [-0.15, -0.1) is 0 Å². The van der Waals surface area contributed by atoms with Crippen molar-refractivity contribution in [2.24, 2.45) is 10.9 Å². The molecule has 1 rings (SSSR count). The molecule has 1 aliphatic carbocycles. The minimum absolute atomic E-state index is 0.583. The Hall–Kier alpha value is -0.370. The zero-order chi connectivity index (χ0) is 11.6. The van der Waals surface area contributed by atoms with E-state index in [0.717, 1.165) is 18.9 Å². The maximum absolute atomic E-state index is 5.46. The largest absolute Gasteiger partial charge is 0.359 e. The van der Waals surface area contributed by atoms with Gasteiger partial charge in [0, 0.05) is 12.3 Å². The molecule has 94 valence electrons. The minimum Gasteiger partial charge on any atom is -0.359 e. The molecule has 0 unspecified atom stereocenters. The second-order valence-corrected chi connectivity index (χ2v) is 4.77. The standard InChI is InChI=1S/C14H27NO/c1-3-8-14(15-12-16-11-4-2)13-9-6-5-7-10-13/h13H,3-12H2,1-2H3/b15-14-. The third-order valence-electron chi connectivity index (χ3n) is 3.29. The summed E-state index contributed by atoms with van der Waals surface area (Å²) >= 11 is 0. The van der Waals surface area contributed by atoms with Crippen LogP contribution in [0.2, 0.25) is 0 Å². The molecule has 0 aromatic rings. The van der Waals surface area contributed by atoms with Gasteiger partial charge in [-0.1, -0.05) is 39.5 Å². The highest BCUT2D eigenvalue weighted by molar-refractivity contribution is 5.86. The molecule has 16 heavy (non-hydrogen) atoms. The lowest BCUT2D eigenvalue weighted by Gasteiger charge is -2.23. The molecule has 0 N–H and O–H groups in total. The van der Waals surface area contributed by atoms with Gasteiger partial charge in [-0.25, -0.2) is 0 Å². The van der Waals surface area contributed by atoms with E-state index < -0.39 is 0 Å². The van der Waals surface area contributed by atoms with Crippen LogP contribution in [-0.2, 0) is 4.74 Å². The summed E-state index contributed by atoms with van der Waals surface area (Å²) in [6.45, 7) is 5.80. The normalized spacial score (nSPS) is 19.0. The van der Waals surface area contributed by atoms with Crippen LogP contribution in [0.25, 0.3) is 0 Å². The van der Waals surface area contributed by atoms with Crippen molar-refractivity contribution in [2.75, 3.05) is 13.3 Å². The van der Waals surface area contributed by atoms with Gasteiger partial charge < -0.3 is 4.74 Å². The Morgan fingerprint density at radius 2 is 1.88 bits per heavy atom. The fourth-order valence-electron chi connectivity index (χ4n) is 2.44. The second kappa shape index (κ2) is 8.74. The highest BCUT2D eigenvalue weighted by Crippen LogP contribution is 2.26. The van der Waals surface area contributed by atoms with Crippen molar-refractivity contribution in [1.82, 2.24) is 0 Å². The van der Waals surface area contributed by atoms with Crippen molar-refractivity contribution in [3.8, 4) is 0 Å². The summed E-state index contributed by atoms with van der Waals surface area (Å²) in [7, 11) is 0. The first-order chi connectivity index (χ1) is 7.88. The molecule has 0 aromatic carbocycles. The SMILES string of the molecule is CCCOC/N=C(/CCC)C1CCCCC1. The molecule has 0 saturated heterocycles. The number of aliphatic imine (C=N–C) groups is 1. The molecule has 0 radical (unpaired) electrons. The van der Waals surface area contributed by atoms with Crippen LogP contribution in [0.3, 0.4) is 0 Å². The highest BCUT2D eigenvalue weighted by Gasteiger charge is 2.18. The molecule has 1 aliphatic rings. The van der Waals surface area contributed by atoms with E-state index in [1.807, 2.05) is 0 Å². The third kappa shape index (κ3) is 5.11. The zero-order valence-corrected chi connectivity index (χ0v) is 11.0. The van der Waals surface area contributed by atoms with E-state index in [2.05, 4.69) is 18.8 Å². The Morgan fingerprint density at radius 1 is 1.12 bits per heavy atom. The van der Waals surface area contributed by atoms with Crippen LogP contribution in [-0.4, -0.2) is 19.0 Å². The molecule has 1 saturated carbocycles. The molecule has 0 aromatic heterocycles. The van der Waals surface area contributed by atoms with Gasteiger partial charge >= 0.3 is 0 Å². The zero-order valence-electron chi connectivity index (χ0n) is 11.0. The van der Waals surface area contributed by atoms with Crippen molar-refractivity contribution in [3.63, 3.8) is 0 Å².